The van der Waals surface area contributed by atoms with Gasteiger partial charge in [0.05, 0.1) is 0 Å². The standard InChI is InChI=1S/C9H20N2.2ClH/c1-8(2)11-7-9-3-5-10-6-4-9;;/h8-11H,3-7H2,1-2H3;2*1H. The molecule has 0 aromatic carbocycles. The van der Waals surface area contributed by atoms with Crippen molar-refractivity contribution in [2.75, 3.05) is 19.6 Å². The molecule has 0 spiro atoms. The minimum Gasteiger partial charge on any atom is -0.317 e. The van der Waals surface area contributed by atoms with E-state index in [1.807, 2.05) is 0 Å². The van der Waals surface area contributed by atoms with Gasteiger partial charge in [-0.25, -0.2) is 0 Å². The van der Waals surface area contributed by atoms with Crippen molar-refractivity contribution >= 4 is 24.8 Å². The van der Waals surface area contributed by atoms with E-state index >= 15 is 0 Å². The molecule has 0 aromatic heterocycles. The molecule has 4 heteroatoms. The molecular weight excluding hydrogens is 207 g/mol. The summed E-state index contributed by atoms with van der Waals surface area (Å²) in [4.78, 5) is 0. The van der Waals surface area contributed by atoms with Gasteiger partial charge < -0.3 is 10.6 Å². The average Bonchev–Trinajstić information content (AvgIpc) is 2.03. The van der Waals surface area contributed by atoms with Gasteiger partial charge in [0.15, 0.2) is 0 Å². The molecule has 0 radical (unpaired) electrons. The summed E-state index contributed by atoms with van der Waals surface area (Å²) in [5.41, 5.74) is 0. The predicted molar refractivity (Wildman–Crippen MR) is 63.2 cm³/mol. The molecule has 2 nitrogen and oxygen atoms in total. The van der Waals surface area contributed by atoms with Crippen LogP contribution in [-0.2, 0) is 0 Å². The first-order valence-corrected chi connectivity index (χ1v) is 4.73. The molecule has 2 N–H and O–H groups in total. The van der Waals surface area contributed by atoms with Gasteiger partial charge in [-0.2, -0.15) is 0 Å². The second-order valence-corrected chi connectivity index (χ2v) is 3.76. The van der Waals surface area contributed by atoms with Gasteiger partial charge in [-0.3, -0.25) is 0 Å². The Kier molecular flexibility index (Phi) is 11.1. The van der Waals surface area contributed by atoms with Crippen LogP contribution in [0.2, 0.25) is 0 Å². The molecule has 0 unspecified atom stereocenters. The van der Waals surface area contributed by atoms with E-state index in [-0.39, 0.29) is 24.8 Å². The quantitative estimate of drug-likeness (QED) is 0.771. The molecule has 0 bridgehead atoms. The fourth-order valence-electron chi connectivity index (χ4n) is 1.49. The highest BCUT2D eigenvalue weighted by Gasteiger charge is 2.12. The minimum absolute atomic E-state index is 0. The highest BCUT2D eigenvalue weighted by atomic mass is 35.5. The van der Waals surface area contributed by atoms with Gasteiger partial charge in [0, 0.05) is 6.04 Å². The Morgan fingerprint density at radius 3 is 2.23 bits per heavy atom. The van der Waals surface area contributed by atoms with Gasteiger partial charge in [0.25, 0.3) is 0 Å². The molecule has 1 heterocycles. The maximum absolute atomic E-state index is 3.49. The number of nitrogens with one attached hydrogen (secondary N) is 2. The van der Waals surface area contributed by atoms with Gasteiger partial charge in [-0.05, 0) is 38.4 Å². The van der Waals surface area contributed by atoms with Crippen molar-refractivity contribution in [2.24, 2.45) is 5.92 Å². The molecule has 0 amide bonds. The van der Waals surface area contributed by atoms with E-state index in [1.165, 1.54) is 32.5 Å². The molecule has 0 aromatic rings. The summed E-state index contributed by atoms with van der Waals surface area (Å²) in [6.45, 7) is 8.05. The van der Waals surface area contributed by atoms with Crippen molar-refractivity contribution in [3.63, 3.8) is 0 Å². The maximum Gasteiger partial charge on any atom is 0.00104 e. The van der Waals surface area contributed by atoms with E-state index in [1.54, 1.807) is 0 Å². The molecule has 82 valence electrons. The first-order valence-electron chi connectivity index (χ1n) is 4.73. The van der Waals surface area contributed by atoms with Crippen LogP contribution in [-0.4, -0.2) is 25.7 Å². The van der Waals surface area contributed by atoms with Crippen LogP contribution < -0.4 is 10.6 Å². The smallest absolute Gasteiger partial charge is 0.00104 e. The Balaban J connectivity index is 0. The van der Waals surface area contributed by atoms with Gasteiger partial charge in [-0.15, -0.1) is 24.8 Å². The molecule has 1 aliphatic rings. The molecule has 1 saturated heterocycles. The number of rotatable bonds is 3. The summed E-state index contributed by atoms with van der Waals surface area (Å²) >= 11 is 0. The third-order valence-electron chi connectivity index (χ3n) is 2.27. The van der Waals surface area contributed by atoms with Crippen molar-refractivity contribution in [3.05, 3.63) is 0 Å². The van der Waals surface area contributed by atoms with Gasteiger partial charge in [-0.1, -0.05) is 13.8 Å². The van der Waals surface area contributed by atoms with Crippen molar-refractivity contribution in [1.82, 2.24) is 10.6 Å². The van der Waals surface area contributed by atoms with Crippen molar-refractivity contribution < 1.29 is 0 Å². The van der Waals surface area contributed by atoms with E-state index in [0.717, 1.165) is 5.92 Å². The maximum atomic E-state index is 3.49. The first-order chi connectivity index (χ1) is 5.29. The fraction of sp³-hybridized carbons (Fsp3) is 1.00. The normalized spacial score (nSPS) is 17.8. The molecule has 0 atom stereocenters. The lowest BCUT2D eigenvalue weighted by atomic mass is 9.98. The molecule has 1 fully saturated rings. The van der Waals surface area contributed by atoms with Crippen molar-refractivity contribution in [2.45, 2.75) is 32.7 Å². The van der Waals surface area contributed by atoms with Gasteiger partial charge >= 0.3 is 0 Å². The Morgan fingerprint density at radius 1 is 1.23 bits per heavy atom. The summed E-state index contributed by atoms with van der Waals surface area (Å²) in [6.07, 6.45) is 2.69. The second-order valence-electron chi connectivity index (χ2n) is 3.76. The van der Waals surface area contributed by atoms with E-state index in [9.17, 15) is 0 Å². The summed E-state index contributed by atoms with van der Waals surface area (Å²) in [5.74, 6) is 0.915. The van der Waals surface area contributed by atoms with Crippen LogP contribution in [0.25, 0.3) is 0 Å². The third-order valence-corrected chi connectivity index (χ3v) is 2.27. The molecule has 13 heavy (non-hydrogen) atoms. The zero-order valence-electron chi connectivity index (χ0n) is 8.51. The van der Waals surface area contributed by atoms with Crippen LogP contribution in [0.4, 0.5) is 0 Å². The van der Waals surface area contributed by atoms with Crippen LogP contribution in [0, 0.1) is 5.92 Å². The number of piperidine rings is 1. The van der Waals surface area contributed by atoms with Crippen LogP contribution in [0.3, 0.4) is 0 Å². The Hall–Kier alpha value is 0.500. The van der Waals surface area contributed by atoms with E-state index in [2.05, 4.69) is 24.5 Å². The lowest BCUT2D eigenvalue weighted by Gasteiger charge is -2.23. The molecule has 1 rings (SSSR count). The molecule has 1 aliphatic heterocycles. The van der Waals surface area contributed by atoms with E-state index in [4.69, 9.17) is 0 Å². The Labute approximate surface area is 94.1 Å². The number of hydrogen-bond acceptors (Lipinski definition) is 2. The van der Waals surface area contributed by atoms with Crippen LogP contribution in [0.1, 0.15) is 26.7 Å². The van der Waals surface area contributed by atoms with Crippen LogP contribution in [0.5, 0.6) is 0 Å². The topological polar surface area (TPSA) is 24.1 Å². The lowest BCUT2D eigenvalue weighted by molar-refractivity contribution is 0.347. The zero-order valence-corrected chi connectivity index (χ0v) is 10.1. The SMILES string of the molecule is CC(C)NCC1CCNCC1.Cl.Cl. The van der Waals surface area contributed by atoms with Crippen molar-refractivity contribution in [3.8, 4) is 0 Å². The number of halogens is 2. The van der Waals surface area contributed by atoms with E-state index in [0.29, 0.717) is 6.04 Å². The summed E-state index contributed by atoms with van der Waals surface area (Å²) < 4.78 is 0. The van der Waals surface area contributed by atoms with Gasteiger partial charge in [0.1, 0.15) is 0 Å². The first kappa shape index (κ1) is 15.9. The monoisotopic (exact) mass is 228 g/mol. The molecule has 0 aliphatic carbocycles. The molecular formula is C9H22Cl2N2. The lowest BCUT2D eigenvalue weighted by Crippen LogP contribution is -2.35. The summed E-state index contributed by atoms with van der Waals surface area (Å²) in [5, 5.41) is 6.86. The Bertz CT molecular complexity index is 104. The molecule has 0 saturated carbocycles. The highest BCUT2D eigenvalue weighted by molar-refractivity contribution is 5.85. The average molecular weight is 229 g/mol. The fourth-order valence-corrected chi connectivity index (χ4v) is 1.49. The van der Waals surface area contributed by atoms with Crippen LogP contribution >= 0.6 is 24.8 Å². The summed E-state index contributed by atoms with van der Waals surface area (Å²) in [6, 6.07) is 0.643. The minimum atomic E-state index is 0. The predicted octanol–water partition coefficient (Wildman–Crippen LogP) is 1.83. The second kappa shape index (κ2) is 9.07. The van der Waals surface area contributed by atoms with Crippen molar-refractivity contribution in [1.29, 1.82) is 0 Å². The van der Waals surface area contributed by atoms with E-state index < -0.39 is 0 Å². The summed E-state index contributed by atoms with van der Waals surface area (Å²) in [7, 11) is 0. The van der Waals surface area contributed by atoms with Gasteiger partial charge in [0.2, 0.25) is 0 Å². The van der Waals surface area contributed by atoms with Crippen LogP contribution in [0.15, 0.2) is 0 Å². The number of hydrogen-bond donors (Lipinski definition) is 2. The highest BCUT2D eigenvalue weighted by Crippen LogP contribution is 2.09. The third kappa shape index (κ3) is 7.56. The zero-order chi connectivity index (χ0) is 8.10. The largest absolute Gasteiger partial charge is 0.317 e. The Morgan fingerprint density at radius 2 is 1.77 bits per heavy atom.